The van der Waals surface area contributed by atoms with Gasteiger partial charge in [-0.05, 0) is 6.92 Å². The molecule has 0 bridgehead atoms. The van der Waals surface area contributed by atoms with Gasteiger partial charge in [0.15, 0.2) is 0 Å². The first-order chi connectivity index (χ1) is 8.16. The van der Waals surface area contributed by atoms with Crippen molar-refractivity contribution in [3.8, 4) is 0 Å². The number of aromatic nitrogens is 3. The van der Waals surface area contributed by atoms with Crippen LogP contribution in [-0.2, 0) is 18.3 Å². The molecule has 2 heterocycles. The Balaban J connectivity index is 1.85. The van der Waals surface area contributed by atoms with Crippen molar-refractivity contribution >= 4 is 5.91 Å². The summed E-state index contributed by atoms with van der Waals surface area (Å²) in [6, 6.07) is 0. The fourth-order valence-corrected chi connectivity index (χ4v) is 2.07. The lowest BCUT2D eigenvalue weighted by Gasteiger charge is -2.27. The lowest BCUT2D eigenvalue weighted by molar-refractivity contribution is -0.131. The van der Waals surface area contributed by atoms with E-state index in [1.54, 1.807) is 4.68 Å². The molecule has 1 N–H and O–H groups in total. The average molecular weight is 237 g/mol. The molecule has 1 amide bonds. The highest BCUT2D eigenvalue weighted by molar-refractivity contribution is 5.76. The number of rotatable bonds is 3. The van der Waals surface area contributed by atoms with Crippen molar-refractivity contribution < 1.29 is 4.79 Å². The Kier molecular flexibility index (Phi) is 3.73. The van der Waals surface area contributed by atoms with E-state index in [1.165, 1.54) is 0 Å². The molecule has 1 saturated heterocycles. The summed E-state index contributed by atoms with van der Waals surface area (Å²) >= 11 is 0. The second kappa shape index (κ2) is 5.27. The van der Waals surface area contributed by atoms with Gasteiger partial charge in [-0.15, -0.1) is 0 Å². The van der Waals surface area contributed by atoms with Crippen LogP contribution in [0.2, 0.25) is 0 Å². The smallest absolute Gasteiger partial charge is 0.223 e. The second-order valence-electron chi connectivity index (χ2n) is 4.33. The van der Waals surface area contributed by atoms with Crippen LogP contribution in [0.25, 0.3) is 0 Å². The van der Waals surface area contributed by atoms with E-state index in [0.29, 0.717) is 12.8 Å². The monoisotopic (exact) mass is 237 g/mol. The highest BCUT2D eigenvalue weighted by Gasteiger charge is 2.16. The lowest BCUT2D eigenvalue weighted by Crippen LogP contribution is -2.46. The molecule has 0 radical (unpaired) electrons. The van der Waals surface area contributed by atoms with E-state index >= 15 is 0 Å². The van der Waals surface area contributed by atoms with Gasteiger partial charge in [0.1, 0.15) is 11.6 Å². The molecule has 1 aliphatic rings. The molecule has 6 nitrogen and oxygen atoms in total. The highest BCUT2D eigenvalue weighted by atomic mass is 16.2. The Morgan fingerprint density at radius 3 is 2.71 bits per heavy atom. The minimum absolute atomic E-state index is 0.215. The Labute approximate surface area is 101 Å². The van der Waals surface area contributed by atoms with Crippen LogP contribution in [-0.4, -0.2) is 51.8 Å². The van der Waals surface area contributed by atoms with Crippen LogP contribution in [0, 0.1) is 6.92 Å². The van der Waals surface area contributed by atoms with Gasteiger partial charge in [0.25, 0.3) is 0 Å². The number of hydrogen-bond acceptors (Lipinski definition) is 4. The van der Waals surface area contributed by atoms with Crippen molar-refractivity contribution in [3.05, 3.63) is 11.6 Å². The molecule has 1 aromatic rings. The number of nitrogens with zero attached hydrogens (tertiary/aromatic N) is 4. The first-order valence-electron chi connectivity index (χ1n) is 6.02. The molecule has 94 valence electrons. The number of carbonyl (C=O) groups is 1. The van der Waals surface area contributed by atoms with Gasteiger partial charge in [-0.1, -0.05) is 0 Å². The summed E-state index contributed by atoms with van der Waals surface area (Å²) in [7, 11) is 1.87. The minimum Gasteiger partial charge on any atom is -0.340 e. The van der Waals surface area contributed by atoms with Gasteiger partial charge < -0.3 is 10.2 Å². The van der Waals surface area contributed by atoms with Gasteiger partial charge in [0.05, 0.1) is 0 Å². The lowest BCUT2D eigenvalue weighted by atomic mass is 10.2. The molecule has 0 saturated carbocycles. The summed E-state index contributed by atoms with van der Waals surface area (Å²) in [5.41, 5.74) is 0. The Hall–Kier alpha value is -1.43. The van der Waals surface area contributed by atoms with E-state index < -0.39 is 0 Å². The van der Waals surface area contributed by atoms with Crippen molar-refractivity contribution in [2.45, 2.75) is 19.8 Å². The summed E-state index contributed by atoms with van der Waals surface area (Å²) < 4.78 is 1.75. The zero-order chi connectivity index (χ0) is 12.3. The van der Waals surface area contributed by atoms with Gasteiger partial charge in [0.2, 0.25) is 5.91 Å². The van der Waals surface area contributed by atoms with Gasteiger partial charge >= 0.3 is 0 Å². The van der Waals surface area contributed by atoms with Crippen molar-refractivity contribution in [2.75, 3.05) is 26.2 Å². The molecular weight excluding hydrogens is 218 g/mol. The Morgan fingerprint density at radius 1 is 1.41 bits per heavy atom. The molecular formula is C11H19N5O. The van der Waals surface area contributed by atoms with Crippen LogP contribution in [0.4, 0.5) is 0 Å². The normalized spacial score (nSPS) is 16.2. The number of hydrogen-bond donors (Lipinski definition) is 1. The predicted molar refractivity (Wildman–Crippen MR) is 63.5 cm³/mol. The number of carbonyl (C=O) groups excluding carboxylic acids is 1. The molecule has 0 unspecified atom stereocenters. The average Bonchev–Trinajstić information content (AvgIpc) is 2.66. The van der Waals surface area contributed by atoms with Gasteiger partial charge in [-0.3, -0.25) is 9.48 Å². The number of amides is 1. The van der Waals surface area contributed by atoms with Crippen LogP contribution in [0.15, 0.2) is 0 Å². The number of aryl methyl sites for hydroxylation is 3. The molecule has 17 heavy (non-hydrogen) atoms. The quantitative estimate of drug-likeness (QED) is 0.769. The van der Waals surface area contributed by atoms with Crippen LogP contribution in [0.1, 0.15) is 18.1 Å². The maximum Gasteiger partial charge on any atom is 0.223 e. The first-order valence-corrected chi connectivity index (χ1v) is 6.02. The van der Waals surface area contributed by atoms with Gasteiger partial charge in [0, 0.05) is 46.1 Å². The Morgan fingerprint density at radius 2 is 2.12 bits per heavy atom. The summed E-state index contributed by atoms with van der Waals surface area (Å²) in [4.78, 5) is 18.1. The zero-order valence-corrected chi connectivity index (χ0v) is 10.4. The SMILES string of the molecule is Cc1nc(CCC(=O)N2CCNCC2)n(C)n1. The molecule has 2 rings (SSSR count). The molecule has 6 heteroatoms. The van der Waals surface area contributed by atoms with E-state index in [4.69, 9.17) is 0 Å². The third-order valence-electron chi connectivity index (χ3n) is 2.99. The van der Waals surface area contributed by atoms with Crippen LogP contribution in [0.5, 0.6) is 0 Å². The molecule has 0 spiro atoms. The topological polar surface area (TPSA) is 63.1 Å². The molecule has 1 aromatic heterocycles. The third kappa shape index (κ3) is 3.03. The molecule has 1 fully saturated rings. The summed E-state index contributed by atoms with van der Waals surface area (Å²) in [6.07, 6.45) is 1.19. The maximum absolute atomic E-state index is 11.9. The molecule has 1 aliphatic heterocycles. The molecule has 0 atom stereocenters. The van der Waals surface area contributed by atoms with Crippen LogP contribution >= 0.6 is 0 Å². The standard InChI is InChI=1S/C11H19N5O/c1-9-13-10(15(2)14-9)3-4-11(17)16-7-5-12-6-8-16/h12H,3-8H2,1-2H3. The van der Waals surface area contributed by atoms with Gasteiger partial charge in [-0.2, -0.15) is 5.10 Å². The second-order valence-corrected chi connectivity index (χ2v) is 4.33. The zero-order valence-electron chi connectivity index (χ0n) is 10.4. The van der Waals surface area contributed by atoms with Gasteiger partial charge in [-0.25, -0.2) is 4.98 Å². The van der Waals surface area contributed by atoms with Crippen molar-refractivity contribution in [1.29, 1.82) is 0 Å². The van der Waals surface area contributed by atoms with E-state index in [-0.39, 0.29) is 5.91 Å². The summed E-state index contributed by atoms with van der Waals surface area (Å²) in [5, 5.41) is 7.41. The van der Waals surface area contributed by atoms with E-state index in [2.05, 4.69) is 15.4 Å². The molecule has 0 aromatic carbocycles. The maximum atomic E-state index is 11.9. The number of piperazine rings is 1. The first kappa shape index (κ1) is 12.0. The highest BCUT2D eigenvalue weighted by Crippen LogP contribution is 2.03. The predicted octanol–water partition coefficient (Wildman–Crippen LogP) is -0.512. The fourth-order valence-electron chi connectivity index (χ4n) is 2.07. The van der Waals surface area contributed by atoms with Crippen molar-refractivity contribution in [2.24, 2.45) is 7.05 Å². The number of nitrogens with one attached hydrogen (secondary N) is 1. The largest absolute Gasteiger partial charge is 0.340 e. The van der Waals surface area contributed by atoms with E-state index in [9.17, 15) is 4.79 Å². The van der Waals surface area contributed by atoms with Crippen LogP contribution < -0.4 is 5.32 Å². The van der Waals surface area contributed by atoms with Crippen molar-refractivity contribution in [1.82, 2.24) is 25.0 Å². The van der Waals surface area contributed by atoms with Crippen LogP contribution in [0.3, 0.4) is 0 Å². The van der Waals surface area contributed by atoms with E-state index in [0.717, 1.165) is 37.8 Å². The van der Waals surface area contributed by atoms with Crippen molar-refractivity contribution in [3.63, 3.8) is 0 Å². The third-order valence-corrected chi connectivity index (χ3v) is 2.99. The molecule has 0 aliphatic carbocycles. The van der Waals surface area contributed by atoms with E-state index in [1.807, 2.05) is 18.9 Å². The summed E-state index contributed by atoms with van der Waals surface area (Å²) in [5.74, 6) is 1.86. The fraction of sp³-hybridized carbons (Fsp3) is 0.727. The summed E-state index contributed by atoms with van der Waals surface area (Å²) in [6.45, 7) is 5.29. The minimum atomic E-state index is 0.215. The Bertz CT molecular complexity index is 395.